The largest absolute Gasteiger partial charge is 0.494 e. The van der Waals surface area contributed by atoms with Gasteiger partial charge in [0.15, 0.2) is 17.5 Å². The van der Waals surface area contributed by atoms with Crippen molar-refractivity contribution >= 4 is 27.6 Å². The zero-order chi connectivity index (χ0) is 19.7. The van der Waals surface area contributed by atoms with Gasteiger partial charge in [-0.1, -0.05) is 30.3 Å². The minimum Gasteiger partial charge on any atom is -0.494 e. The molecule has 0 bridgehead atoms. The van der Waals surface area contributed by atoms with Gasteiger partial charge in [-0.25, -0.2) is 0 Å². The maximum atomic E-state index is 12.4. The van der Waals surface area contributed by atoms with E-state index in [1.54, 1.807) is 0 Å². The lowest BCUT2D eigenvalue weighted by molar-refractivity contribution is 0.0973. The van der Waals surface area contributed by atoms with E-state index in [2.05, 4.69) is 14.5 Å². The van der Waals surface area contributed by atoms with E-state index in [0.29, 0.717) is 29.7 Å². The van der Waals surface area contributed by atoms with Crippen molar-refractivity contribution in [3.8, 4) is 34.0 Å². The van der Waals surface area contributed by atoms with Crippen molar-refractivity contribution in [2.24, 2.45) is 0 Å². The number of benzene rings is 2. The number of hydrogen-bond donors (Lipinski definition) is 4. The van der Waals surface area contributed by atoms with E-state index in [9.17, 15) is 15.0 Å². The van der Waals surface area contributed by atoms with Crippen LogP contribution < -0.4 is 0 Å². The van der Waals surface area contributed by atoms with Gasteiger partial charge in [0.05, 0.1) is 16.6 Å². The molecule has 0 atom stereocenters. The van der Waals surface area contributed by atoms with Gasteiger partial charge in [0.25, 0.3) is 0 Å². The second kappa shape index (κ2) is 5.54. The van der Waals surface area contributed by atoms with Crippen molar-refractivity contribution in [2.75, 3.05) is 0 Å². The van der Waals surface area contributed by atoms with E-state index in [0.717, 1.165) is 32.9 Å². The van der Waals surface area contributed by atoms with Crippen molar-refractivity contribution in [2.45, 2.75) is 13.0 Å². The predicted molar refractivity (Wildman–Crippen MR) is 111 cm³/mol. The molecule has 29 heavy (non-hydrogen) atoms. The van der Waals surface area contributed by atoms with Gasteiger partial charge in [-0.05, 0) is 12.1 Å². The highest BCUT2D eigenvalue weighted by molar-refractivity contribution is 6.14. The number of aromatic hydroxyl groups is 2. The second-order valence-electron chi connectivity index (χ2n) is 7.43. The summed E-state index contributed by atoms with van der Waals surface area (Å²) in [5.74, 6) is -0.0613. The van der Waals surface area contributed by atoms with Crippen LogP contribution in [0.4, 0.5) is 0 Å². The van der Waals surface area contributed by atoms with E-state index in [1.807, 2.05) is 54.9 Å². The number of hydrogen-bond acceptors (Lipinski definition) is 3. The Morgan fingerprint density at radius 3 is 2.48 bits per heavy atom. The molecule has 6 rings (SSSR count). The predicted octanol–water partition coefficient (Wildman–Crippen LogP) is 4.78. The zero-order valence-electron chi connectivity index (χ0n) is 15.4. The number of nitrogens with zero attached hydrogens (tertiary/aromatic N) is 1. The number of aromatic amines is 2. The lowest BCUT2D eigenvalue weighted by atomic mass is 9.96. The maximum absolute atomic E-state index is 12.4. The summed E-state index contributed by atoms with van der Waals surface area (Å²) < 4.78 is 2.06. The van der Waals surface area contributed by atoms with Crippen molar-refractivity contribution in [3.63, 3.8) is 0 Å². The number of Topliss-reactive ketones (excluding diaryl/α,β-unsaturated/α-hetero) is 1. The Hall–Kier alpha value is -3.93. The molecule has 3 aromatic heterocycles. The lowest BCUT2D eigenvalue weighted by Crippen LogP contribution is -2.13. The van der Waals surface area contributed by atoms with E-state index in [4.69, 9.17) is 0 Å². The Balaban J connectivity index is 1.69. The Kier molecular flexibility index (Phi) is 3.07. The lowest BCUT2D eigenvalue weighted by Gasteiger charge is -2.13. The number of aromatic nitrogens is 3. The normalized spacial score (nSPS) is 13.6. The van der Waals surface area contributed by atoms with Gasteiger partial charge < -0.3 is 19.8 Å². The topological polar surface area (TPSA) is 94.0 Å². The first-order valence-corrected chi connectivity index (χ1v) is 9.49. The fourth-order valence-electron chi connectivity index (χ4n) is 4.59. The molecule has 6 nitrogen and oxygen atoms in total. The molecule has 2 aromatic carbocycles. The molecule has 4 heterocycles. The zero-order valence-corrected chi connectivity index (χ0v) is 15.4. The molecule has 0 saturated carbocycles. The third kappa shape index (κ3) is 2.08. The number of carbonyl (C=O) groups excluding carboxylic acids is 1. The molecule has 0 spiro atoms. The molecule has 142 valence electrons. The highest BCUT2D eigenvalue weighted by atomic mass is 16.3. The van der Waals surface area contributed by atoms with Crippen LogP contribution in [-0.2, 0) is 6.54 Å². The minimum absolute atomic E-state index is 0.0924. The summed E-state index contributed by atoms with van der Waals surface area (Å²) in [5, 5.41) is 23.2. The summed E-state index contributed by atoms with van der Waals surface area (Å²) in [6, 6.07) is 13.5. The van der Waals surface area contributed by atoms with Gasteiger partial charge in [0.1, 0.15) is 0 Å². The molecular formula is C23H17N3O3. The van der Waals surface area contributed by atoms with Gasteiger partial charge in [0.2, 0.25) is 0 Å². The molecule has 1 aliphatic heterocycles. The van der Waals surface area contributed by atoms with Crippen LogP contribution in [0.1, 0.15) is 16.8 Å². The Bertz CT molecular complexity index is 1450. The van der Waals surface area contributed by atoms with Crippen molar-refractivity contribution in [1.82, 2.24) is 14.5 Å². The first kappa shape index (κ1) is 16.1. The Labute approximate surface area is 165 Å². The average Bonchev–Trinajstić information content (AvgIpc) is 3.38. The van der Waals surface area contributed by atoms with Gasteiger partial charge in [-0.15, -0.1) is 0 Å². The number of para-hydroxylation sites is 2. The van der Waals surface area contributed by atoms with E-state index < -0.39 is 0 Å². The van der Waals surface area contributed by atoms with Crippen LogP contribution in [0.15, 0.2) is 54.9 Å². The second-order valence-corrected chi connectivity index (χ2v) is 7.43. The molecule has 0 amide bonds. The van der Waals surface area contributed by atoms with Crippen LogP contribution in [0.3, 0.4) is 0 Å². The summed E-state index contributed by atoms with van der Waals surface area (Å²) in [6.07, 6.45) is 4.25. The van der Waals surface area contributed by atoms with Gasteiger partial charge >= 0.3 is 0 Å². The molecule has 0 radical (unpaired) electrons. The van der Waals surface area contributed by atoms with Gasteiger partial charge in [-0.3, -0.25) is 9.78 Å². The molecule has 0 fully saturated rings. The highest BCUT2D eigenvalue weighted by Gasteiger charge is 2.27. The average molecular weight is 383 g/mol. The molecule has 6 heteroatoms. The summed E-state index contributed by atoms with van der Waals surface area (Å²) in [6.45, 7) is 0.603. The monoisotopic (exact) mass is 383 g/mol. The van der Waals surface area contributed by atoms with Crippen LogP contribution >= 0.6 is 0 Å². The van der Waals surface area contributed by atoms with Crippen molar-refractivity contribution < 1.29 is 15.0 Å². The van der Waals surface area contributed by atoms with Gasteiger partial charge in [0, 0.05) is 58.3 Å². The summed E-state index contributed by atoms with van der Waals surface area (Å²) in [7, 11) is 0. The third-order valence-corrected chi connectivity index (χ3v) is 5.87. The molecule has 5 aromatic rings. The van der Waals surface area contributed by atoms with Crippen LogP contribution in [0.25, 0.3) is 44.1 Å². The Morgan fingerprint density at radius 2 is 1.62 bits per heavy atom. The smallest absolute Gasteiger partial charge is 0.200 e. The molecule has 0 unspecified atom stereocenters. The highest BCUT2D eigenvalue weighted by Crippen LogP contribution is 2.49. The van der Waals surface area contributed by atoms with E-state index >= 15 is 0 Å². The number of ketones is 1. The van der Waals surface area contributed by atoms with E-state index in [1.165, 1.54) is 0 Å². The van der Waals surface area contributed by atoms with Crippen LogP contribution in [0, 0.1) is 0 Å². The molecule has 4 N–H and O–H groups in total. The fourth-order valence-corrected chi connectivity index (χ4v) is 4.59. The van der Waals surface area contributed by atoms with Crippen LogP contribution in [-0.4, -0.2) is 30.5 Å². The van der Waals surface area contributed by atoms with Crippen molar-refractivity contribution in [3.05, 3.63) is 60.4 Å². The number of H-pyrrole nitrogens is 2. The standard InChI is InChI=1S/C23H17N3O3/c27-18-8-9-26-11-16(13-5-3-6-14(18)21(13)26)20-19(22(28)25-23(20)29)15-10-24-17-7-2-1-4-12(15)17/h1-7,10-11,24-25,28-29H,8-9H2. The number of fused-ring (bicyclic) bond motifs is 1. The first-order chi connectivity index (χ1) is 14.1. The van der Waals surface area contributed by atoms with Crippen LogP contribution in [0.5, 0.6) is 11.8 Å². The summed E-state index contributed by atoms with van der Waals surface area (Å²) in [4.78, 5) is 18.3. The quantitative estimate of drug-likeness (QED) is 0.353. The maximum Gasteiger partial charge on any atom is 0.200 e. The fraction of sp³-hybridized carbons (Fsp3) is 0.0870. The first-order valence-electron chi connectivity index (χ1n) is 9.49. The number of aryl methyl sites for hydroxylation is 1. The molecule has 1 aliphatic rings. The molecular weight excluding hydrogens is 366 g/mol. The van der Waals surface area contributed by atoms with Crippen molar-refractivity contribution in [1.29, 1.82) is 0 Å². The SMILES string of the molecule is O=C1CCn2cc(-c3c(O)[nH]c(O)c3-c3c[nH]c4ccccc34)c3cccc1c32. The molecule has 0 saturated heterocycles. The summed E-state index contributed by atoms with van der Waals surface area (Å²) >= 11 is 0. The van der Waals surface area contributed by atoms with Crippen LogP contribution in [0.2, 0.25) is 0 Å². The number of carbonyl (C=O) groups is 1. The summed E-state index contributed by atoms with van der Waals surface area (Å²) in [5.41, 5.74) is 5.18. The van der Waals surface area contributed by atoms with Gasteiger partial charge in [-0.2, -0.15) is 0 Å². The molecule has 0 aliphatic carbocycles. The minimum atomic E-state index is -0.0993. The van der Waals surface area contributed by atoms with E-state index in [-0.39, 0.29) is 17.5 Å². The third-order valence-electron chi connectivity index (χ3n) is 5.87. The number of rotatable bonds is 2. The Morgan fingerprint density at radius 1 is 0.862 bits per heavy atom. The number of nitrogens with one attached hydrogen (secondary N) is 2.